The Hall–Kier alpha value is -1.36. The number of nitrogens with one attached hydrogen (secondary N) is 1. The molecule has 0 aliphatic heterocycles. The van der Waals surface area contributed by atoms with Crippen LogP contribution in [0.25, 0.3) is 0 Å². The molecule has 0 saturated heterocycles. The Labute approximate surface area is 225 Å². The molecule has 0 bridgehead atoms. The van der Waals surface area contributed by atoms with Crippen molar-refractivity contribution in [1.29, 1.82) is 0 Å². The SMILES string of the molecule is CC(C)(C)c1c(NCCCN(CCCN)CCCOCCOCCOCCCN)c(=O)c1=O.CC(C)C. The highest BCUT2D eigenvalue weighted by molar-refractivity contribution is 5.59. The number of anilines is 1. The molecule has 5 N–H and O–H groups in total. The molecule has 0 aliphatic rings. The number of hydrogen-bond acceptors (Lipinski definition) is 9. The van der Waals surface area contributed by atoms with Gasteiger partial charge in [-0.3, -0.25) is 9.59 Å². The molecular formula is C28H56N4O5. The Morgan fingerprint density at radius 2 is 1.19 bits per heavy atom. The van der Waals surface area contributed by atoms with E-state index in [-0.39, 0.29) is 16.3 Å². The number of nitrogens with two attached hydrogens (primary N) is 2. The van der Waals surface area contributed by atoms with Crippen molar-refractivity contribution in [1.82, 2.24) is 4.90 Å². The fourth-order valence-electron chi connectivity index (χ4n) is 3.56. The zero-order chi connectivity index (χ0) is 28.1. The Kier molecular flexibility index (Phi) is 20.8. The van der Waals surface area contributed by atoms with E-state index >= 15 is 0 Å². The van der Waals surface area contributed by atoms with E-state index in [2.05, 4.69) is 31.0 Å². The molecule has 0 aliphatic carbocycles. The van der Waals surface area contributed by atoms with Crippen molar-refractivity contribution in [3.8, 4) is 0 Å². The molecule has 0 spiro atoms. The molecule has 0 aromatic heterocycles. The number of rotatable bonds is 21. The smallest absolute Gasteiger partial charge is 0.249 e. The fraction of sp³-hybridized carbons (Fsp3) is 0.857. The van der Waals surface area contributed by atoms with E-state index in [1.54, 1.807) is 0 Å². The van der Waals surface area contributed by atoms with Crippen LogP contribution in [-0.4, -0.2) is 83.8 Å². The van der Waals surface area contributed by atoms with Gasteiger partial charge in [-0.15, -0.1) is 0 Å². The average molecular weight is 529 g/mol. The van der Waals surface area contributed by atoms with Crippen molar-refractivity contribution in [2.24, 2.45) is 17.4 Å². The van der Waals surface area contributed by atoms with Crippen LogP contribution in [0.2, 0.25) is 0 Å². The van der Waals surface area contributed by atoms with E-state index in [9.17, 15) is 9.59 Å². The zero-order valence-corrected chi connectivity index (χ0v) is 24.5. The minimum atomic E-state index is -0.389. The Morgan fingerprint density at radius 3 is 1.70 bits per heavy atom. The zero-order valence-electron chi connectivity index (χ0n) is 24.5. The first-order valence-corrected chi connectivity index (χ1v) is 14.0. The summed E-state index contributed by atoms with van der Waals surface area (Å²) in [4.78, 5) is 26.1. The largest absolute Gasteiger partial charge is 0.381 e. The van der Waals surface area contributed by atoms with Gasteiger partial charge in [0.1, 0.15) is 0 Å². The Morgan fingerprint density at radius 1 is 0.730 bits per heavy atom. The lowest BCUT2D eigenvalue weighted by Gasteiger charge is -2.25. The van der Waals surface area contributed by atoms with Gasteiger partial charge in [0.25, 0.3) is 0 Å². The molecule has 0 unspecified atom stereocenters. The number of ether oxygens (including phenoxy) is 3. The summed E-state index contributed by atoms with van der Waals surface area (Å²) in [5, 5.41) is 3.19. The second-order valence-electron chi connectivity index (χ2n) is 11.0. The van der Waals surface area contributed by atoms with Crippen LogP contribution in [0, 0.1) is 5.92 Å². The third-order valence-corrected chi connectivity index (χ3v) is 5.29. The molecule has 1 aromatic carbocycles. The molecule has 0 heterocycles. The minimum Gasteiger partial charge on any atom is -0.381 e. The standard InChI is InChI=1S/C24H46N4O5.C4H10/c1-24(2,3)20-21(23(30)22(20)29)27-10-6-12-28(11-4-8-25)13-7-15-32-17-19-33-18-16-31-14-5-9-26;1-4(2)3/h27H,4-19,25-26H2,1-3H3;4H,1-3H3. The topological polar surface area (TPSA) is 129 Å². The molecule has 0 saturated carbocycles. The van der Waals surface area contributed by atoms with Crippen LogP contribution in [0.1, 0.15) is 72.8 Å². The van der Waals surface area contributed by atoms with E-state index in [0.29, 0.717) is 70.5 Å². The fourth-order valence-corrected chi connectivity index (χ4v) is 3.56. The third kappa shape index (κ3) is 17.7. The van der Waals surface area contributed by atoms with Gasteiger partial charge in [-0.2, -0.15) is 0 Å². The maximum absolute atomic E-state index is 11.9. The van der Waals surface area contributed by atoms with Crippen molar-refractivity contribution >= 4 is 5.69 Å². The van der Waals surface area contributed by atoms with E-state index in [1.165, 1.54) is 0 Å². The maximum atomic E-state index is 11.9. The van der Waals surface area contributed by atoms with Crippen LogP contribution in [0.4, 0.5) is 5.69 Å². The van der Waals surface area contributed by atoms with Crippen molar-refractivity contribution in [2.45, 2.75) is 72.6 Å². The van der Waals surface area contributed by atoms with Gasteiger partial charge in [-0.05, 0) is 63.2 Å². The van der Waals surface area contributed by atoms with E-state index < -0.39 is 0 Å². The second-order valence-corrected chi connectivity index (χ2v) is 11.0. The highest BCUT2D eigenvalue weighted by atomic mass is 16.5. The lowest BCUT2D eigenvalue weighted by atomic mass is 9.82. The lowest BCUT2D eigenvalue weighted by Crippen LogP contribution is -2.43. The normalized spacial score (nSPS) is 11.8. The molecule has 0 amide bonds. The second kappa shape index (κ2) is 21.6. The molecular weight excluding hydrogens is 472 g/mol. The summed E-state index contributed by atoms with van der Waals surface area (Å²) in [6.45, 7) is 20.8. The summed E-state index contributed by atoms with van der Waals surface area (Å²) < 4.78 is 16.5. The van der Waals surface area contributed by atoms with Crippen LogP contribution in [0.15, 0.2) is 9.59 Å². The highest BCUT2D eigenvalue weighted by Crippen LogP contribution is 2.25. The monoisotopic (exact) mass is 528 g/mol. The van der Waals surface area contributed by atoms with Gasteiger partial charge in [0.15, 0.2) is 0 Å². The molecule has 0 atom stereocenters. The first-order valence-electron chi connectivity index (χ1n) is 14.0. The van der Waals surface area contributed by atoms with Crippen molar-refractivity contribution in [2.75, 3.05) is 84.2 Å². The lowest BCUT2D eigenvalue weighted by molar-refractivity contribution is 0.0129. The van der Waals surface area contributed by atoms with Gasteiger partial charge in [-0.1, -0.05) is 41.5 Å². The van der Waals surface area contributed by atoms with E-state index in [0.717, 1.165) is 51.2 Å². The summed E-state index contributed by atoms with van der Waals surface area (Å²) in [7, 11) is 0. The van der Waals surface area contributed by atoms with Crippen LogP contribution in [0.5, 0.6) is 0 Å². The van der Waals surface area contributed by atoms with Crippen molar-refractivity contribution in [3.63, 3.8) is 0 Å². The summed E-state index contributed by atoms with van der Waals surface area (Å²) in [6.07, 6.45) is 3.64. The van der Waals surface area contributed by atoms with Crippen LogP contribution in [0.3, 0.4) is 0 Å². The van der Waals surface area contributed by atoms with Crippen LogP contribution < -0.4 is 27.6 Å². The van der Waals surface area contributed by atoms with Gasteiger partial charge < -0.3 is 35.9 Å². The quantitative estimate of drug-likeness (QED) is 0.163. The molecule has 218 valence electrons. The molecule has 0 fully saturated rings. The predicted molar refractivity (Wildman–Crippen MR) is 155 cm³/mol. The van der Waals surface area contributed by atoms with E-state index in [4.69, 9.17) is 25.7 Å². The molecule has 9 nitrogen and oxygen atoms in total. The minimum absolute atomic E-state index is 0.316. The first-order chi connectivity index (χ1) is 17.6. The Bertz CT molecular complexity index is 739. The summed E-state index contributed by atoms with van der Waals surface area (Å²) in [6, 6.07) is 0. The first kappa shape index (κ1) is 35.6. The maximum Gasteiger partial charge on any atom is 0.249 e. The predicted octanol–water partition coefficient (Wildman–Crippen LogP) is 2.48. The molecule has 0 radical (unpaired) electrons. The summed E-state index contributed by atoms with van der Waals surface area (Å²) in [5.74, 6) is 0.833. The third-order valence-electron chi connectivity index (χ3n) is 5.29. The number of nitrogens with zero attached hydrogens (tertiary/aromatic N) is 1. The van der Waals surface area contributed by atoms with E-state index in [1.807, 2.05) is 20.8 Å². The van der Waals surface area contributed by atoms with Gasteiger partial charge in [0.05, 0.1) is 32.1 Å². The molecule has 37 heavy (non-hydrogen) atoms. The van der Waals surface area contributed by atoms with Crippen LogP contribution in [-0.2, 0) is 19.6 Å². The molecule has 9 heteroatoms. The summed E-state index contributed by atoms with van der Waals surface area (Å²) >= 11 is 0. The van der Waals surface area contributed by atoms with Gasteiger partial charge >= 0.3 is 0 Å². The van der Waals surface area contributed by atoms with Gasteiger partial charge in [0, 0.05) is 31.9 Å². The Balaban J connectivity index is 0.00000300. The van der Waals surface area contributed by atoms with Crippen LogP contribution >= 0.6 is 0 Å². The molecule has 1 aromatic rings. The average Bonchev–Trinajstić information content (AvgIpc) is 2.82. The summed E-state index contributed by atoms with van der Waals surface area (Å²) in [5.41, 5.74) is 11.1. The number of hydrogen-bond donors (Lipinski definition) is 3. The van der Waals surface area contributed by atoms with Gasteiger partial charge in [0.2, 0.25) is 10.9 Å². The van der Waals surface area contributed by atoms with Crippen molar-refractivity contribution < 1.29 is 14.2 Å². The van der Waals surface area contributed by atoms with Crippen molar-refractivity contribution in [3.05, 3.63) is 26.0 Å². The van der Waals surface area contributed by atoms with Gasteiger partial charge in [-0.25, -0.2) is 0 Å². The molecule has 1 rings (SSSR count). The highest BCUT2D eigenvalue weighted by Gasteiger charge is 2.29.